The van der Waals surface area contributed by atoms with Crippen LogP contribution in [0.4, 0.5) is 0 Å². The third kappa shape index (κ3) is 5.31. The van der Waals surface area contributed by atoms with Gasteiger partial charge in [-0.15, -0.1) is 0 Å². The monoisotopic (exact) mass is 309 g/mol. The molecule has 1 fully saturated rings. The zero-order valence-corrected chi connectivity index (χ0v) is 13.6. The Labute approximate surface area is 132 Å². The number of guanidine groups is 1. The molecule has 124 valence electrons. The highest BCUT2D eigenvalue weighted by atomic mass is 16.5. The molecule has 0 saturated carbocycles. The molecule has 7 heteroatoms. The Bertz CT molecular complexity index is 427. The van der Waals surface area contributed by atoms with Gasteiger partial charge in [-0.25, -0.2) is 0 Å². The van der Waals surface area contributed by atoms with Gasteiger partial charge in [0, 0.05) is 65.6 Å². The van der Waals surface area contributed by atoms with E-state index < -0.39 is 0 Å². The lowest BCUT2D eigenvalue weighted by molar-refractivity contribution is 0.145. The van der Waals surface area contributed by atoms with E-state index in [1.54, 1.807) is 6.26 Å². The minimum absolute atomic E-state index is 0.780. The van der Waals surface area contributed by atoms with Crippen LogP contribution in [0.25, 0.3) is 0 Å². The van der Waals surface area contributed by atoms with E-state index in [0.29, 0.717) is 0 Å². The van der Waals surface area contributed by atoms with E-state index in [2.05, 4.69) is 25.3 Å². The maximum Gasteiger partial charge on any atom is 0.193 e. The number of ether oxygens (including phenoxy) is 1. The third-order valence-electron chi connectivity index (χ3n) is 3.71. The van der Waals surface area contributed by atoms with E-state index in [1.165, 1.54) is 0 Å². The highest BCUT2D eigenvalue weighted by Crippen LogP contribution is 2.07. The first-order valence-corrected chi connectivity index (χ1v) is 7.98. The summed E-state index contributed by atoms with van der Waals surface area (Å²) in [5.74, 6) is 0.984. The average molecular weight is 309 g/mol. The zero-order valence-electron chi connectivity index (χ0n) is 13.6. The minimum Gasteiger partial charge on any atom is -0.382 e. The molecule has 0 aliphatic carbocycles. The number of rotatable bonds is 7. The highest BCUT2D eigenvalue weighted by molar-refractivity contribution is 5.79. The number of aliphatic imine (C=N–C) groups is 1. The van der Waals surface area contributed by atoms with Crippen LogP contribution in [0.15, 0.2) is 21.8 Å². The predicted octanol–water partition coefficient (Wildman–Crippen LogP) is 0.794. The lowest BCUT2D eigenvalue weighted by Gasteiger charge is -2.36. The topological polar surface area (TPSA) is 66.1 Å². The molecule has 1 aliphatic heterocycles. The summed E-state index contributed by atoms with van der Waals surface area (Å²) in [7, 11) is 1.84. The Balaban J connectivity index is 1.67. The number of piperazine rings is 1. The molecular weight excluding hydrogens is 282 g/mol. The number of aromatic nitrogens is 1. The summed E-state index contributed by atoms with van der Waals surface area (Å²) >= 11 is 0. The molecule has 1 N–H and O–H groups in total. The number of nitrogens with zero attached hydrogens (tertiary/aromatic N) is 4. The standard InChI is InChI=1S/C15H27N5O2/c1-3-21-11-4-6-17-15(16-2)20-9-7-19(8-10-20)13-14-5-12-22-18-14/h5,12H,3-4,6-11,13H2,1-2H3,(H,16,17). The van der Waals surface area contributed by atoms with E-state index in [0.717, 1.165) is 70.6 Å². The van der Waals surface area contributed by atoms with Crippen LogP contribution in [-0.4, -0.2) is 73.9 Å². The number of nitrogens with one attached hydrogen (secondary N) is 1. The lowest BCUT2D eigenvalue weighted by Crippen LogP contribution is -2.52. The van der Waals surface area contributed by atoms with Crippen LogP contribution >= 0.6 is 0 Å². The summed E-state index contributed by atoms with van der Waals surface area (Å²) in [6.07, 6.45) is 2.62. The van der Waals surface area contributed by atoms with Gasteiger partial charge in [-0.3, -0.25) is 9.89 Å². The fourth-order valence-corrected chi connectivity index (χ4v) is 2.52. The number of hydrogen-bond donors (Lipinski definition) is 1. The fraction of sp³-hybridized carbons (Fsp3) is 0.733. The molecule has 0 amide bonds. The van der Waals surface area contributed by atoms with E-state index in [1.807, 2.05) is 20.0 Å². The SMILES string of the molecule is CCOCCCNC(=NC)N1CCN(Cc2ccon2)CC1. The van der Waals surface area contributed by atoms with Crippen molar-refractivity contribution in [1.82, 2.24) is 20.3 Å². The summed E-state index contributed by atoms with van der Waals surface area (Å²) in [4.78, 5) is 9.07. The molecule has 1 saturated heterocycles. The Morgan fingerprint density at radius 3 is 2.86 bits per heavy atom. The quantitative estimate of drug-likeness (QED) is 0.456. The van der Waals surface area contributed by atoms with Crippen molar-refractivity contribution in [2.75, 3.05) is 53.0 Å². The average Bonchev–Trinajstić information content (AvgIpc) is 3.05. The fourth-order valence-electron chi connectivity index (χ4n) is 2.52. The van der Waals surface area contributed by atoms with Gasteiger partial charge in [0.05, 0.1) is 5.69 Å². The largest absolute Gasteiger partial charge is 0.382 e. The van der Waals surface area contributed by atoms with Crippen molar-refractivity contribution < 1.29 is 9.26 Å². The molecule has 2 rings (SSSR count). The Hall–Kier alpha value is -1.60. The Morgan fingerprint density at radius 2 is 2.23 bits per heavy atom. The molecule has 0 aromatic carbocycles. The van der Waals surface area contributed by atoms with Gasteiger partial charge in [-0.1, -0.05) is 5.16 Å². The van der Waals surface area contributed by atoms with Crippen molar-refractivity contribution in [3.05, 3.63) is 18.0 Å². The second kappa shape index (κ2) is 9.42. The van der Waals surface area contributed by atoms with Gasteiger partial charge in [0.15, 0.2) is 5.96 Å². The second-order valence-corrected chi connectivity index (χ2v) is 5.28. The zero-order chi connectivity index (χ0) is 15.6. The molecule has 1 aromatic heterocycles. The van der Waals surface area contributed by atoms with E-state index in [-0.39, 0.29) is 0 Å². The van der Waals surface area contributed by atoms with Gasteiger partial charge in [-0.2, -0.15) is 0 Å². The molecule has 0 radical (unpaired) electrons. The van der Waals surface area contributed by atoms with E-state index >= 15 is 0 Å². The van der Waals surface area contributed by atoms with Crippen LogP contribution in [0.2, 0.25) is 0 Å². The summed E-state index contributed by atoms with van der Waals surface area (Å²) in [6, 6.07) is 1.92. The molecule has 0 atom stereocenters. The normalized spacial score (nSPS) is 17.0. The molecule has 1 aromatic rings. The van der Waals surface area contributed by atoms with Crippen molar-refractivity contribution in [3.63, 3.8) is 0 Å². The number of hydrogen-bond acceptors (Lipinski definition) is 5. The van der Waals surface area contributed by atoms with E-state index in [4.69, 9.17) is 9.26 Å². The van der Waals surface area contributed by atoms with Gasteiger partial charge < -0.3 is 19.5 Å². The van der Waals surface area contributed by atoms with Crippen molar-refractivity contribution in [1.29, 1.82) is 0 Å². The van der Waals surface area contributed by atoms with Gasteiger partial charge in [-0.05, 0) is 13.3 Å². The highest BCUT2D eigenvalue weighted by Gasteiger charge is 2.19. The van der Waals surface area contributed by atoms with Gasteiger partial charge >= 0.3 is 0 Å². The summed E-state index contributed by atoms with van der Waals surface area (Å²) in [5, 5.41) is 7.38. The van der Waals surface area contributed by atoms with Gasteiger partial charge in [0.2, 0.25) is 0 Å². The Kier molecular flexibility index (Phi) is 7.18. The molecular formula is C15H27N5O2. The van der Waals surface area contributed by atoms with Crippen LogP contribution in [0.1, 0.15) is 19.0 Å². The summed E-state index contributed by atoms with van der Waals surface area (Å²) < 4.78 is 10.2. The molecule has 7 nitrogen and oxygen atoms in total. The molecule has 22 heavy (non-hydrogen) atoms. The first-order chi connectivity index (χ1) is 10.8. The van der Waals surface area contributed by atoms with Crippen LogP contribution < -0.4 is 5.32 Å². The predicted molar refractivity (Wildman–Crippen MR) is 85.8 cm³/mol. The molecule has 0 spiro atoms. The van der Waals surface area contributed by atoms with E-state index in [9.17, 15) is 0 Å². The van der Waals surface area contributed by atoms with Crippen LogP contribution in [-0.2, 0) is 11.3 Å². The minimum atomic E-state index is 0.780. The molecule has 0 unspecified atom stereocenters. The summed E-state index contributed by atoms with van der Waals surface area (Å²) in [6.45, 7) is 9.31. The summed E-state index contributed by atoms with van der Waals surface area (Å²) in [5.41, 5.74) is 0.992. The Morgan fingerprint density at radius 1 is 1.41 bits per heavy atom. The lowest BCUT2D eigenvalue weighted by atomic mass is 10.3. The van der Waals surface area contributed by atoms with Gasteiger partial charge in [0.25, 0.3) is 0 Å². The van der Waals surface area contributed by atoms with Crippen molar-refractivity contribution in [3.8, 4) is 0 Å². The third-order valence-corrected chi connectivity index (χ3v) is 3.71. The van der Waals surface area contributed by atoms with Crippen LogP contribution in [0.3, 0.4) is 0 Å². The maximum absolute atomic E-state index is 5.34. The smallest absolute Gasteiger partial charge is 0.193 e. The first kappa shape index (κ1) is 16.8. The maximum atomic E-state index is 5.34. The molecule has 0 bridgehead atoms. The van der Waals surface area contributed by atoms with Gasteiger partial charge in [0.1, 0.15) is 6.26 Å². The first-order valence-electron chi connectivity index (χ1n) is 7.98. The molecule has 2 heterocycles. The van der Waals surface area contributed by atoms with Crippen molar-refractivity contribution in [2.24, 2.45) is 4.99 Å². The molecule has 1 aliphatic rings. The second-order valence-electron chi connectivity index (χ2n) is 5.28. The van der Waals surface area contributed by atoms with Crippen LogP contribution in [0, 0.1) is 0 Å². The van der Waals surface area contributed by atoms with Crippen molar-refractivity contribution in [2.45, 2.75) is 19.9 Å². The van der Waals surface area contributed by atoms with Crippen molar-refractivity contribution >= 4 is 5.96 Å². The van der Waals surface area contributed by atoms with Crippen LogP contribution in [0.5, 0.6) is 0 Å².